The van der Waals surface area contributed by atoms with Crippen molar-refractivity contribution < 1.29 is 19.4 Å². The summed E-state index contributed by atoms with van der Waals surface area (Å²) < 4.78 is 5.45. The fraction of sp³-hybridized carbons (Fsp3) is 0.333. The molecule has 1 atom stereocenters. The highest BCUT2D eigenvalue weighted by atomic mass is 35.5. The van der Waals surface area contributed by atoms with Gasteiger partial charge in [0.25, 0.3) is 0 Å². The van der Waals surface area contributed by atoms with Crippen LogP contribution in [0.3, 0.4) is 0 Å². The van der Waals surface area contributed by atoms with Crippen molar-refractivity contribution >= 4 is 29.2 Å². The van der Waals surface area contributed by atoms with Crippen LogP contribution in [0.5, 0.6) is 0 Å². The number of ether oxygens (including phenoxy) is 1. The van der Waals surface area contributed by atoms with E-state index < -0.39 is 11.9 Å². The van der Waals surface area contributed by atoms with Crippen molar-refractivity contribution in [1.82, 2.24) is 5.32 Å². The lowest BCUT2D eigenvalue weighted by Crippen LogP contribution is -2.38. The molecule has 1 aliphatic rings. The zero-order valence-electron chi connectivity index (χ0n) is 15.7. The molecule has 7 heteroatoms. The summed E-state index contributed by atoms with van der Waals surface area (Å²) in [7, 11) is 0. The third kappa shape index (κ3) is 4.46. The summed E-state index contributed by atoms with van der Waals surface area (Å²) in [6, 6.07) is 12.0. The van der Waals surface area contributed by atoms with Crippen LogP contribution in [-0.2, 0) is 9.53 Å². The van der Waals surface area contributed by atoms with Crippen molar-refractivity contribution in [3.63, 3.8) is 0 Å². The van der Waals surface area contributed by atoms with Crippen molar-refractivity contribution in [2.24, 2.45) is 0 Å². The second kappa shape index (κ2) is 9.08. The maximum atomic E-state index is 13.0. The highest BCUT2D eigenvalue weighted by Gasteiger charge is 2.28. The van der Waals surface area contributed by atoms with Crippen molar-refractivity contribution in [2.45, 2.75) is 12.8 Å². The first kappa shape index (κ1) is 20.2. The molecule has 2 aromatic rings. The lowest BCUT2D eigenvalue weighted by molar-refractivity contribution is -0.121. The maximum absolute atomic E-state index is 13.0. The van der Waals surface area contributed by atoms with Crippen LogP contribution in [-0.4, -0.2) is 49.8 Å². The minimum Gasteiger partial charge on any atom is -0.478 e. The van der Waals surface area contributed by atoms with Gasteiger partial charge in [0.2, 0.25) is 5.91 Å². The van der Waals surface area contributed by atoms with Gasteiger partial charge in [0.15, 0.2) is 0 Å². The number of carboxylic acid groups (broad SMARTS) is 1. The SMILES string of the molecule is CCNC(=O)C(c1ccc(C(=O)O)cc1)c1cc(Cl)ccc1N1CCOCC1. The Bertz CT molecular complexity index is 848. The van der Waals surface area contributed by atoms with E-state index in [1.165, 1.54) is 12.1 Å². The van der Waals surface area contributed by atoms with E-state index in [0.29, 0.717) is 30.3 Å². The summed E-state index contributed by atoms with van der Waals surface area (Å²) in [5, 5.41) is 12.6. The molecule has 6 nitrogen and oxygen atoms in total. The average molecular weight is 403 g/mol. The van der Waals surface area contributed by atoms with Crippen LogP contribution in [0.2, 0.25) is 5.02 Å². The van der Waals surface area contributed by atoms with Crippen LogP contribution in [0.15, 0.2) is 42.5 Å². The predicted molar refractivity (Wildman–Crippen MR) is 108 cm³/mol. The van der Waals surface area contributed by atoms with Crippen LogP contribution in [0.4, 0.5) is 5.69 Å². The molecule has 0 aromatic heterocycles. The molecule has 148 valence electrons. The van der Waals surface area contributed by atoms with E-state index in [9.17, 15) is 9.59 Å². The highest BCUT2D eigenvalue weighted by molar-refractivity contribution is 6.30. The van der Waals surface area contributed by atoms with Gasteiger partial charge in [-0.3, -0.25) is 4.79 Å². The number of carboxylic acids is 1. The minimum absolute atomic E-state index is 0.151. The largest absolute Gasteiger partial charge is 0.478 e. The Labute approximate surface area is 169 Å². The van der Waals surface area contributed by atoms with Crippen LogP contribution < -0.4 is 10.2 Å². The van der Waals surface area contributed by atoms with E-state index in [2.05, 4.69) is 10.2 Å². The van der Waals surface area contributed by atoms with Gasteiger partial charge < -0.3 is 20.1 Å². The number of morpholine rings is 1. The zero-order chi connectivity index (χ0) is 20.1. The maximum Gasteiger partial charge on any atom is 0.335 e. The molecule has 28 heavy (non-hydrogen) atoms. The molecular formula is C21H23ClN2O4. The number of likely N-dealkylation sites (N-methyl/N-ethyl adjacent to an activating group) is 1. The summed E-state index contributed by atoms with van der Waals surface area (Å²) in [5.41, 5.74) is 2.63. The first-order valence-electron chi connectivity index (χ1n) is 9.24. The Kier molecular flexibility index (Phi) is 6.54. The Morgan fingerprint density at radius 2 is 1.86 bits per heavy atom. The van der Waals surface area contributed by atoms with E-state index in [1.807, 2.05) is 25.1 Å². The van der Waals surface area contributed by atoms with E-state index in [0.717, 1.165) is 24.3 Å². The number of carbonyl (C=O) groups excluding carboxylic acids is 1. The number of halogens is 1. The van der Waals surface area contributed by atoms with Crippen LogP contribution in [0.25, 0.3) is 0 Å². The van der Waals surface area contributed by atoms with E-state index >= 15 is 0 Å². The predicted octanol–water partition coefficient (Wildman–Crippen LogP) is 3.14. The van der Waals surface area contributed by atoms with Gasteiger partial charge in [0.1, 0.15) is 0 Å². The smallest absolute Gasteiger partial charge is 0.335 e. The van der Waals surface area contributed by atoms with Gasteiger partial charge in [-0.2, -0.15) is 0 Å². The molecule has 1 amide bonds. The van der Waals surface area contributed by atoms with Gasteiger partial charge in [-0.05, 0) is 48.4 Å². The Balaban J connectivity index is 2.08. The molecule has 1 fully saturated rings. The molecule has 0 bridgehead atoms. The number of benzene rings is 2. The Morgan fingerprint density at radius 1 is 1.18 bits per heavy atom. The van der Waals surface area contributed by atoms with Crippen molar-refractivity contribution in [3.05, 3.63) is 64.2 Å². The summed E-state index contributed by atoms with van der Waals surface area (Å²) in [5.74, 6) is -1.75. The van der Waals surface area contributed by atoms with E-state index in [1.54, 1.807) is 12.1 Å². The quantitative estimate of drug-likeness (QED) is 0.776. The van der Waals surface area contributed by atoms with Crippen LogP contribution in [0.1, 0.15) is 34.3 Å². The van der Waals surface area contributed by atoms with Gasteiger partial charge in [0.05, 0.1) is 24.7 Å². The third-order valence-electron chi connectivity index (χ3n) is 4.76. The lowest BCUT2D eigenvalue weighted by atomic mass is 9.88. The number of rotatable bonds is 6. The number of aromatic carboxylic acids is 1. The number of anilines is 1. The molecule has 0 saturated carbocycles. The number of carbonyl (C=O) groups is 2. The minimum atomic E-state index is -1.00. The van der Waals surface area contributed by atoms with Gasteiger partial charge >= 0.3 is 5.97 Å². The summed E-state index contributed by atoms with van der Waals surface area (Å²) in [6.07, 6.45) is 0. The van der Waals surface area contributed by atoms with Gasteiger partial charge in [0, 0.05) is 30.3 Å². The van der Waals surface area contributed by atoms with Crippen molar-refractivity contribution in [1.29, 1.82) is 0 Å². The highest BCUT2D eigenvalue weighted by Crippen LogP contribution is 2.35. The summed E-state index contributed by atoms with van der Waals surface area (Å²) in [6.45, 7) is 5.07. The molecule has 1 heterocycles. The Hall–Kier alpha value is -2.57. The zero-order valence-corrected chi connectivity index (χ0v) is 16.4. The first-order valence-corrected chi connectivity index (χ1v) is 9.62. The molecule has 0 radical (unpaired) electrons. The monoisotopic (exact) mass is 402 g/mol. The van der Waals surface area contributed by atoms with Gasteiger partial charge in [-0.1, -0.05) is 23.7 Å². The van der Waals surface area contributed by atoms with Crippen molar-refractivity contribution in [2.75, 3.05) is 37.7 Å². The van der Waals surface area contributed by atoms with Crippen molar-refractivity contribution in [3.8, 4) is 0 Å². The topological polar surface area (TPSA) is 78.9 Å². The second-order valence-electron chi connectivity index (χ2n) is 6.56. The number of nitrogens with zero attached hydrogens (tertiary/aromatic N) is 1. The van der Waals surface area contributed by atoms with Gasteiger partial charge in [-0.15, -0.1) is 0 Å². The molecule has 2 aromatic carbocycles. The van der Waals surface area contributed by atoms with Crippen LogP contribution >= 0.6 is 11.6 Å². The molecule has 1 unspecified atom stereocenters. The average Bonchev–Trinajstić information content (AvgIpc) is 2.70. The van der Waals surface area contributed by atoms with E-state index in [-0.39, 0.29) is 11.5 Å². The molecule has 3 rings (SSSR count). The van der Waals surface area contributed by atoms with Gasteiger partial charge in [-0.25, -0.2) is 4.79 Å². The Morgan fingerprint density at radius 3 is 2.46 bits per heavy atom. The molecule has 1 saturated heterocycles. The standard InChI is InChI=1S/C21H23ClN2O4/c1-2-23-20(25)19(14-3-5-15(6-4-14)21(26)27)17-13-16(22)7-8-18(17)24-9-11-28-12-10-24/h3-8,13,19H,2,9-12H2,1H3,(H,23,25)(H,26,27). The summed E-state index contributed by atoms with van der Waals surface area (Å²) >= 11 is 6.28. The molecule has 1 aliphatic heterocycles. The third-order valence-corrected chi connectivity index (χ3v) is 4.99. The number of hydrogen-bond donors (Lipinski definition) is 2. The molecule has 2 N–H and O–H groups in total. The lowest BCUT2D eigenvalue weighted by Gasteiger charge is -2.32. The van der Waals surface area contributed by atoms with E-state index in [4.69, 9.17) is 21.4 Å². The molecule has 0 spiro atoms. The summed E-state index contributed by atoms with van der Waals surface area (Å²) in [4.78, 5) is 26.4. The molecular weight excluding hydrogens is 380 g/mol. The number of amides is 1. The number of hydrogen-bond acceptors (Lipinski definition) is 4. The fourth-order valence-electron chi connectivity index (χ4n) is 3.42. The second-order valence-corrected chi connectivity index (χ2v) is 6.99. The van der Waals surface area contributed by atoms with Crippen LogP contribution in [0, 0.1) is 0 Å². The normalized spacial score (nSPS) is 15.1. The molecule has 0 aliphatic carbocycles. The number of nitrogens with one attached hydrogen (secondary N) is 1. The fourth-order valence-corrected chi connectivity index (χ4v) is 3.60. The first-order chi connectivity index (χ1) is 13.5.